The Hall–Kier alpha value is -3.74. The Labute approximate surface area is 174 Å². The molecule has 1 unspecified atom stereocenters. The number of nitro groups is 1. The summed E-state index contributed by atoms with van der Waals surface area (Å²) in [4.78, 5) is 37.4. The smallest absolute Gasteiger partial charge is 0.330 e. The highest BCUT2D eigenvalue weighted by molar-refractivity contribution is 6.10. The molecule has 1 aromatic rings. The average Bonchev–Trinajstić information content (AvgIpc) is 2.75. The van der Waals surface area contributed by atoms with Gasteiger partial charge in [-0.25, -0.2) is 4.79 Å². The van der Waals surface area contributed by atoms with Gasteiger partial charge >= 0.3 is 5.97 Å². The molecule has 0 saturated heterocycles. The number of hydrogen-bond donors (Lipinski definition) is 0. The highest BCUT2D eigenvalue weighted by Gasteiger charge is 2.26. The Morgan fingerprint density at radius 3 is 2.70 bits per heavy atom. The summed E-state index contributed by atoms with van der Waals surface area (Å²) in [7, 11) is 0. The van der Waals surface area contributed by atoms with Crippen LogP contribution in [0.25, 0.3) is 5.57 Å². The molecule has 0 amide bonds. The number of rotatable bonds is 7. The van der Waals surface area contributed by atoms with Gasteiger partial charge < -0.3 is 9.64 Å². The normalized spacial score (nSPS) is 18.4. The third-order valence-corrected chi connectivity index (χ3v) is 4.76. The van der Waals surface area contributed by atoms with E-state index in [9.17, 15) is 19.7 Å². The van der Waals surface area contributed by atoms with Gasteiger partial charge in [0.2, 0.25) is 0 Å². The quantitative estimate of drug-likeness (QED) is 0.297. The van der Waals surface area contributed by atoms with Gasteiger partial charge in [0.1, 0.15) is 0 Å². The first-order valence-electron chi connectivity index (χ1n) is 9.62. The second-order valence-corrected chi connectivity index (χ2v) is 6.76. The number of carbonyl (C=O) groups excluding carboxylic acids is 2. The molecule has 1 heterocycles. The van der Waals surface area contributed by atoms with Crippen molar-refractivity contribution in [2.75, 3.05) is 19.7 Å². The van der Waals surface area contributed by atoms with Crippen molar-refractivity contribution >= 4 is 23.0 Å². The number of esters is 1. The maximum atomic E-state index is 13.2. The van der Waals surface area contributed by atoms with Crippen molar-refractivity contribution in [3.63, 3.8) is 0 Å². The second-order valence-electron chi connectivity index (χ2n) is 6.76. The first-order chi connectivity index (χ1) is 14.5. The van der Waals surface area contributed by atoms with E-state index in [1.807, 2.05) is 35.4 Å². The van der Waals surface area contributed by atoms with Crippen LogP contribution in [0.5, 0.6) is 0 Å². The molecule has 0 radical (unpaired) electrons. The molecular weight excluding hydrogens is 384 g/mol. The first-order valence-corrected chi connectivity index (χ1v) is 9.62. The Kier molecular flexibility index (Phi) is 6.75. The molecule has 1 aliphatic heterocycles. The van der Waals surface area contributed by atoms with Crippen LogP contribution in [-0.2, 0) is 14.3 Å². The molecule has 1 aliphatic carbocycles. The minimum Gasteiger partial charge on any atom is -0.463 e. The predicted octanol–water partition coefficient (Wildman–Crippen LogP) is 3.61. The molecule has 154 valence electrons. The summed E-state index contributed by atoms with van der Waals surface area (Å²) in [6.07, 6.45) is 14.1. The molecule has 0 bridgehead atoms. The SMILES string of the molecule is CCOC(=O)C=CC1C=CC(c2ccc([N+](=O)[O-])cc2)=C(CN2C=CC=CC2)C1=O. The summed E-state index contributed by atoms with van der Waals surface area (Å²) in [6.45, 7) is 3.05. The summed E-state index contributed by atoms with van der Waals surface area (Å²) >= 11 is 0. The molecule has 30 heavy (non-hydrogen) atoms. The number of nitrogens with zero attached hydrogens (tertiary/aromatic N) is 2. The van der Waals surface area contributed by atoms with Gasteiger partial charge in [0, 0.05) is 36.9 Å². The van der Waals surface area contributed by atoms with Crippen molar-refractivity contribution in [2.24, 2.45) is 5.92 Å². The Bertz CT molecular complexity index is 983. The summed E-state index contributed by atoms with van der Waals surface area (Å²) in [5, 5.41) is 10.9. The molecule has 0 saturated carbocycles. The van der Waals surface area contributed by atoms with Crippen LogP contribution in [0.3, 0.4) is 0 Å². The first kappa shape index (κ1) is 21.0. The molecule has 0 aromatic heterocycles. The topological polar surface area (TPSA) is 89.8 Å². The van der Waals surface area contributed by atoms with Crippen LogP contribution in [-0.4, -0.2) is 41.3 Å². The van der Waals surface area contributed by atoms with Crippen molar-refractivity contribution in [1.82, 2.24) is 4.90 Å². The third-order valence-electron chi connectivity index (χ3n) is 4.76. The fourth-order valence-electron chi connectivity index (χ4n) is 3.27. The van der Waals surface area contributed by atoms with Crippen LogP contribution in [0.15, 0.2) is 78.6 Å². The number of benzene rings is 1. The molecule has 7 heteroatoms. The second kappa shape index (κ2) is 9.65. The zero-order chi connectivity index (χ0) is 21.5. The molecule has 0 N–H and O–H groups in total. The molecule has 0 spiro atoms. The molecule has 2 aliphatic rings. The van der Waals surface area contributed by atoms with E-state index in [1.54, 1.807) is 25.1 Å². The van der Waals surface area contributed by atoms with Crippen LogP contribution in [0.2, 0.25) is 0 Å². The van der Waals surface area contributed by atoms with Crippen molar-refractivity contribution in [3.05, 3.63) is 94.2 Å². The zero-order valence-corrected chi connectivity index (χ0v) is 16.6. The number of nitro benzene ring substituents is 1. The Morgan fingerprint density at radius 2 is 2.07 bits per heavy atom. The highest BCUT2D eigenvalue weighted by atomic mass is 16.6. The lowest BCUT2D eigenvalue weighted by Gasteiger charge is -2.26. The molecule has 1 aromatic carbocycles. The summed E-state index contributed by atoms with van der Waals surface area (Å²) in [5.41, 5.74) is 2.03. The van der Waals surface area contributed by atoms with E-state index in [4.69, 9.17) is 4.74 Å². The lowest BCUT2D eigenvalue weighted by Crippen LogP contribution is -2.29. The van der Waals surface area contributed by atoms with E-state index in [0.717, 1.165) is 11.1 Å². The summed E-state index contributed by atoms with van der Waals surface area (Å²) in [5.74, 6) is -1.18. The molecule has 7 nitrogen and oxygen atoms in total. The number of non-ortho nitro benzene ring substituents is 1. The third kappa shape index (κ3) is 5.00. The van der Waals surface area contributed by atoms with Gasteiger partial charge in [-0.15, -0.1) is 0 Å². The minimum absolute atomic E-state index is 0.00800. The molecular formula is C23H22N2O5. The molecule has 1 atom stereocenters. The minimum atomic E-state index is -0.574. The number of ether oxygens (including phenoxy) is 1. The van der Waals surface area contributed by atoms with Crippen LogP contribution < -0.4 is 0 Å². The van der Waals surface area contributed by atoms with Crippen molar-refractivity contribution in [3.8, 4) is 0 Å². The predicted molar refractivity (Wildman–Crippen MR) is 113 cm³/mol. The Balaban J connectivity index is 1.92. The fourth-order valence-corrected chi connectivity index (χ4v) is 3.27. The van der Waals surface area contributed by atoms with E-state index in [1.165, 1.54) is 24.3 Å². The van der Waals surface area contributed by atoms with E-state index >= 15 is 0 Å². The maximum absolute atomic E-state index is 13.2. The van der Waals surface area contributed by atoms with Gasteiger partial charge in [0.05, 0.1) is 17.4 Å². The largest absolute Gasteiger partial charge is 0.463 e. The number of allylic oxidation sites excluding steroid dienone is 6. The van der Waals surface area contributed by atoms with Crippen molar-refractivity contribution in [1.29, 1.82) is 0 Å². The van der Waals surface area contributed by atoms with Crippen LogP contribution in [0.4, 0.5) is 5.69 Å². The summed E-state index contributed by atoms with van der Waals surface area (Å²) in [6, 6.07) is 6.14. The lowest BCUT2D eigenvalue weighted by atomic mass is 9.84. The van der Waals surface area contributed by atoms with E-state index in [2.05, 4.69) is 0 Å². The zero-order valence-electron chi connectivity index (χ0n) is 16.6. The Morgan fingerprint density at radius 1 is 1.30 bits per heavy atom. The maximum Gasteiger partial charge on any atom is 0.330 e. The monoisotopic (exact) mass is 406 g/mol. The van der Waals surface area contributed by atoms with E-state index in [0.29, 0.717) is 18.7 Å². The van der Waals surface area contributed by atoms with Gasteiger partial charge in [-0.1, -0.05) is 30.4 Å². The number of carbonyl (C=O) groups is 2. The summed E-state index contributed by atoms with van der Waals surface area (Å²) < 4.78 is 4.88. The average molecular weight is 406 g/mol. The lowest BCUT2D eigenvalue weighted by molar-refractivity contribution is -0.384. The van der Waals surface area contributed by atoms with Crippen molar-refractivity contribution in [2.45, 2.75) is 6.92 Å². The highest BCUT2D eigenvalue weighted by Crippen LogP contribution is 2.30. The number of Topliss-reactive ketones (excluding diaryl/α,β-unsaturated/α-hetero) is 1. The van der Waals surface area contributed by atoms with Gasteiger partial charge in [-0.3, -0.25) is 14.9 Å². The van der Waals surface area contributed by atoms with Gasteiger partial charge in [-0.2, -0.15) is 0 Å². The number of hydrogen-bond acceptors (Lipinski definition) is 6. The van der Waals surface area contributed by atoms with Crippen molar-refractivity contribution < 1.29 is 19.2 Å². The van der Waals surface area contributed by atoms with Crippen LogP contribution in [0.1, 0.15) is 12.5 Å². The van der Waals surface area contributed by atoms with Crippen LogP contribution in [0, 0.1) is 16.0 Å². The van der Waals surface area contributed by atoms with Gasteiger partial charge in [-0.05, 0) is 42.5 Å². The van der Waals surface area contributed by atoms with Gasteiger partial charge in [0.25, 0.3) is 5.69 Å². The van der Waals surface area contributed by atoms with Crippen LogP contribution >= 0.6 is 0 Å². The van der Waals surface area contributed by atoms with Gasteiger partial charge in [0.15, 0.2) is 5.78 Å². The fraction of sp³-hybridized carbons (Fsp3) is 0.217. The van der Waals surface area contributed by atoms with E-state index in [-0.39, 0.29) is 18.1 Å². The molecule has 0 fully saturated rings. The standard InChI is InChI=1S/C23H22N2O5/c1-2-30-22(26)13-9-18-8-12-20(17-6-10-19(11-7-17)25(28)29)21(23(18)27)16-24-14-4-3-5-15-24/h3-14,18H,2,15-16H2,1H3. The van der Waals surface area contributed by atoms with E-state index < -0.39 is 16.8 Å². The number of ketones is 1. The molecule has 3 rings (SSSR count).